The molecule has 30 heavy (non-hydrogen) atoms. The first-order valence-corrected chi connectivity index (χ1v) is 9.80. The van der Waals surface area contributed by atoms with Crippen molar-refractivity contribution in [3.63, 3.8) is 0 Å². The summed E-state index contributed by atoms with van der Waals surface area (Å²) in [5.41, 5.74) is 0.342. The molecule has 0 spiro atoms. The Kier molecular flexibility index (Phi) is 8.38. The zero-order valence-corrected chi connectivity index (χ0v) is 17.3. The van der Waals surface area contributed by atoms with Gasteiger partial charge in [-0.3, -0.25) is 4.79 Å². The first-order valence-electron chi connectivity index (χ1n) is 9.80. The molecular weight excluding hydrogens is 399 g/mol. The van der Waals surface area contributed by atoms with E-state index in [1.54, 1.807) is 12.1 Å². The van der Waals surface area contributed by atoms with E-state index >= 15 is 0 Å². The van der Waals surface area contributed by atoms with Crippen LogP contribution in [-0.2, 0) is 12.6 Å². The van der Waals surface area contributed by atoms with E-state index in [4.69, 9.17) is 14.2 Å². The smallest absolute Gasteiger partial charge is 0.416 e. The quantitative estimate of drug-likeness (QED) is 0.590. The molecule has 2 aromatic rings. The SMILES string of the molecule is CCOc1cc(C(=O)NCCc2ccc(C(F)(F)F)cc2)cc(OCC)c1OCC. The minimum atomic E-state index is -4.36. The zero-order chi connectivity index (χ0) is 22.1. The van der Waals surface area contributed by atoms with Crippen molar-refractivity contribution in [2.75, 3.05) is 26.4 Å². The number of carbonyl (C=O) groups excluding carboxylic acids is 1. The van der Waals surface area contributed by atoms with Gasteiger partial charge >= 0.3 is 6.18 Å². The van der Waals surface area contributed by atoms with Crippen LogP contribution in [0.4, 0.5) is 13.2 Å². The van der Waals surface area contributed by atoms with Gasteiger partial charge in [0, 0.05) is 12.1 Å². The lowest BCUT2D eigenvalue weighted by atomic mass is 10.1. The summed E-state index contributed by atoms with van der Waals surface area (Å²) in [7, 11) is 0. The summed E-state index contributed by atoms with van der Waals surface area (Å²) >= 11 is 0. The van der Waals surface area contributed by atoms with Crippen molar-refractivity contribution in [3.05, 3.63) is 53.1 Å². The largest absolute Gasteiger partial charge is 0.490 e. The Hall–Kier alpha value is -2.90. The van der Waals surface area contributed by atoms with Gasteiger partial charge in [0.15, 0.2) is 11.5 Å². The minimum Gasteiger partial charge on any atom is -0.490 e. The predicted octanol–water partition coefficient (Wildman–Crippen LogP) is 4.87. The normalized spacial score (nSPS) is 11.1. The van der Waals surface area contributed by atoms with Crippen LogP contribution >= 0.6 is 0 Å². The Morgan fingerprint density at radius 2 is 1.43 bits per heavy atom. The second-order valence-electron chi connectivity index (χ2n) is 6.30. The van der Waals surface area contributed by atoms with Gasteiger partial charge in [0.05, 0.1) is 25.4 Å². The molecule has 0 heterocycles. The lowest BCUT2D eigenvalue weighted by Gasteiger charge is -2.17. The first kappa shape index (κ1) is 23.4. The predicted molar refractivity (Wildman–Crippen MR) is 107 cm³/mol. The highest BCUT2D eigenvalue weighted by molar-refractivity contribution is 5.95. The molecule has 8 heteroatoms. The number of hydrogen-bond donors (Lipinski definition) is 1. The Morgan fingerprint density at radius 1 is 0.900 bits per heavy atom. The van der Waals surface area contributed by atoms with Gasteiger partial charge in [-0.25, -0.2) is 0 Å². The van der Waals surface area contributed by atoms with Crippen LogP contribution in [0.5, 0.6) is 17.2 Å². The van der Waals surface area contributed by atoms with Crippen LogP contribution in [0.25, 0.3) is 0 Å². The Balaban J connectivity index is 2.08. The van der Waals surface area contributed by atoms with E-state index in [1.807, 2.05) is 20.8 Å². The summed E-state index contributed by atoms with van der Waals surface area (Å²) in [6.45, 7) is 6.96. The number of nitrogens with one attached hydrogen (secondary N) is 1. The number of ether oxygens (including phenoxy) is 3. The molecule has 0 aliphatic rings. The zero-order valence-electron chi connectivity index (χ0n) is 17.3. The average Bonchev–Trinajstić information content (AvgIpc) is 2.70. The van der Waals surface area contributed by atoms with Crippen LogP contribution in [0, 0.1) is 0 Å². The van der Waals surface area contributed by atoms with E-state index in [1.165, 1.54) is 12.1 Å². The number of benzene rings is 2. The highest BCUT2D eigenvalue weighted by Gasteiger charge is 2.29. The highest BCUT2D eigenvalue weighted by atomic mass is 19.4. The van der Waals surface area contributed by atoms with Crippen molar-refractivity contribution in [2.45, 2.75) is 33.4 Å². The fraction of sp³-hybridized carbons (Fsp3) is 0.409. The molecule has 0 bridgehead atoms. The summed E-state index contributed by atoms with van der Waals surface area (Å²) in [6.07, 6.45) is -3.96. The second-order valence-corrected chi connectivity index (χ2v) is 6.30. The van der Waals surface area contributed by atoms with E-state index in [-0.39, 0.29) is 12.5 Å². The molecule has 0 atom stereocenters. The highest BCUT2D eigenvalue weighted by Crippen LogP contribution is 2.39. The van der Waals surface area contributed by atoms with Crippen LogP contribution in [-0.4, -0.2) is 32.3 Å². The number of alkyl halides is 3. The molecule has 2 rings (SSSR count). The molecule has 2 aromatic carbocycles. The van der Waals surface area contributed by atoms with Crippen LogP contribution in [0.3, 0.4) is 0 Å². The minimum absolute atomic E-state index is 0.269. The molecule has 164 valence electrons. The fourth-order valence-corrected chi connectivity index (χ4v) is 2.80. The van der Waals surface area contributed by atoms with E-state index < -0.39 is 11.7 Å². The maximum atomic E-state index is 12.6. The van der Waals surface area contributed by atoms with E-state index in [2.05, 4.69) is 5.32 Å². The third kappa shape index (κ3) is 6.30. The van der Waals surface area contributed by atoms with Gasteiger partial charge in [-0.15, -0.1) is 0 Å². The monoisotopic (exact) mass is 425 g/mol. The third-order valence-corrected chi connectivity index (χ3v) is 4.15. The number of halogens is 3. The average molecular weight is 425 g/mol. The van der Waals surface area contributed by atoms with Gasteiger partial charge < -0.3 is 19.5 Å². The van der Waals surface area contributed by atoms with Gasteiger partial charge in [0.2, 0.25) is 5.75 Å². The maximum Gasteiger partial charge on any atom is 0.416 e. The Bertz CT molecular complexity index is 808. The van der Waals surface area contributed by atoms with Crippen LogP contribution < -0.4 is 19.5 Å². The van der Waals surface area contributed by atoms with E-state index in [0.717, 1.165) is 12.1 Å². The molecule has 0 aromatic heterocycles. The van der Waals surface area contributed by atoms with Crippen molar-refractivity contribution >= 4 is 5.91 Å². The van der Waals surface area contributed by atoms with Crippen LogP contribution in [0.1, 0.15) is 42.3 Å². The van der Waals surface area contributed by atoms with Gasteiger partial charge in [-0.05, 0) is 57.0 Å². The second kappa shape index (κ2) is 10.8. The molecule has 0 unspecified atom stereocenters. The lowest BCUT2D eigenvalue weighted by Crippen LogP contribution is -2.26. The molecule has 1 amide bonds. The first-order chi connectivity index (χ1) is 14.3. The molecule has 0 fully saturated rings. The standard InChI is InChI=1S/C22H26F3NO4/c1-4-28-18-13-16(14-19(29-5-2)20(18)30-6-3)21(27)26-12-11-15-7-9-17(10-8-15)22(23,24)25/h7-10,13-14H,4-6,11-12H2,1-3H3,(H,26,27). The molecule has 0 radical (unpaired) electrons. The number of carbonyl (C=O) groups is 1. The number of rotatable bonds is 10. The van der Waals surface area contributed by atoms with Gasteiger partial charge in [0.1, 0.15) is 0 Å². The Morgan fingerprint density at radius 3 is 1.90 bits per heavy atom. The lowest BCUT2D eigenvalue weighted by molar-refractivity contribution is -0.137. The van der Waals surface area contributed by atoms with Crippen molar-refractivity contribution in [1.29, 1.82) is 0 Å². The van der Waals surface area contributed by atoms with Gasteiger partial charge in [-0.1, -0.05) is 12.1 Å². The molecule has 0 saturated carbocycles. The van der Waals surface area contributed by atoms with E-state index in [0.29, 0.717) is 54.6 Å². The summed E-state index contributed by atoms with van der Waals surface area (Å²) in [5, 5.41) is 2.77. The van der Waals surface area contributed by atoms with Crippen molar-refractivity contribution in [2.24, 2.45) is 0 Å². The maximum absolute atomic E-state index is 12.6. The summed E-state index contributed by atoms with van der Waals surface area (Å²) in [6, 6.07) is 8.06. The molecule has 0 aliphatic heterocycles. The molecular formula is C22H26F3NO4. The fourth-order valence-electron chi connectivity index (χ4n) is 2.80. The van der Waals surface area contributed by atoms with Crippen molar-refractivity contribution in [3.8, 4) is 17.2 Å². The van der Waals surface area contributed by atoms with E-state index in [9.17, 15) is 18.0 Å². The molecule has 5 nitrogen and oxygen atoms in total. The third-order valence-electron chi connectivity index (χ3n) is 4.15. The molecule has 1 N–H and O–H groups in total. The van der Waals surface area contributed by atoms with Crippen molar-refractivity contribution in [1.82, 2.24) is 5.32 Å². The molecule has 0 saturated heterocycles. The molecule has 0 aliphatic carbocycles. The Labute approximate surface area is 174 Å². The number of hydrogen-bond acceptors (Lipinski definition) is 4. The summed E-state index contributed by atoms with van der Waals surface area (Å²) in [5.74, 6) is 0.936. The van der Waals surface area contributed by atoms with Crippen molar-refractivity contribution < 1.29 is 32.2 Å². The summed E-state index contributed by atoms with van der Waals surface area (Å²) in [4.78, 5) is 12.6. The van der Waals surface area contributed by atoms with Crippen LogP contribution in [0.2, 0.25) is 0 Å². The number of amides is 1. The van der Waals surface area contributed by atoms with Gasteiger partial charge in [0.25, 0.3) is 5.91 Å². The van der Waals surface area contributed by atoms with Gasteiger partial charge in [-0.2, -0.15) is 13.2 Å². The van der Waals surface area contributed by atoms with Crippen LogP contribution in [0.15, 0.2) is 36.4 Å². The topological polar surface area (TPSA) is 56.8 Å². The summed E-state index contributed by atoms with van der Waals surface area (Å²) < 4.78 is 54.7.